The van der Waals surface area contributed by atoms with Gasteiger partial charge in [0.1, 0.15) is 0 Å². The number of rotatable bonds is 8. The highest BCUT2D eigenvalue weighted by molar-refractivity contribution is 7.99. The van der Waals surface area contributed by atoms with Crippen molar-refractivity contribution in [1.82, 2.24) is 10.2 Å². The summed E-state index contributed by atoms with van der Waals surface area (Å²) in [7, 11) is 0. The molecule has 3 aromatic rings. The molecule has 0 radical (unpaired) electrons. The van der Waals surface area contributed by atoms with Gasteiger partial charge in [0, 0.05) is 12.1 Å². The normalized spacial score (nSPS) is 12.1. The lowest BCUT2D eigenvalue weighted by atomic mass is 9.98. The summed E-state index contributed by atoms with van der Waals surface area (Å²) in [5.41, 5.74) is 3.27. The largest absolute Gasteiger partial charge is 0.416 e. The molecule has 0 aliphatic heterocycles. The van der Waals surface area contributed by atoms with Crippen LogP contribution in [0.25, 0.3) is 0 Å². The molecule has 146 valence electrons. The van der Waals surface area contributed by atoms with Crippen LogP contribution in [0.2, 0.25) is 0 Å². The molecule has 6 heteroatoms. The number of hydrogen-bond acceptors (Lipinski definition) is 5. The van der Waals surface area contributed by atoms with Crippen LogP contribution in [0, 0.1) is 0 Å². The topological polar surface area (TPSA) is 68.0 Å². The summed E-state index contributed by atoms with van der Waals surface area (Å²) < 4.78 is 5.68. The Kier molecular flexibility index (Phi) is 6.87. The van der Waals surface area contributed by atoms with E-state index in [1.54, 1.807) is 0 Å². The molecule has 0 bridgehead atoms. The zero-order valence-corrected chi connectivity index (χ0v) is 17.2. The number of benzene rings is 2. The molecule has 1 amide bonds. The van der Waals surface area contributed by atoms with Crippen LogP contribution in [0.4, 0.5) is 5.69 Å². The second kappa shape index (κ2) is 9.55. The van der Waals surface area contributed by atoms with Gasteiger partial charge in [0.05, 0.1) is 5.75 Å². The van der Waals surface area contributed by atoms with Gasteiger partial charge in [-0.05, 0) is 35.1 Å². The molecule has 1 aromatic heterocycles. The Bertz CT molecular complexity index is 892. The summed E-state index contributed by atoms with van der Waals surface area (Å²) in [6.45, 7) is 6.41. The molecule has 1 N–H and O–H groups in total. The van der Waals surface area contributed by atoms with Gasteiger partial charge in [0.25, 0.3) is 5.22 Å². The van der Waals surface area contributed by atoms with Crippen LogP contribution in [0.15, 0.2) is 64.2 Å². The zero-order valence-electron chi connectivity index (χ0n) is 16.4. The highest BCUT2D eigenvalue weighted by Gasteiger charge is 2.14. The van der Waals surface area contributed by atoms with Crippen molar-refractivity contribution >= 4 is 23.4 Å². The van der Waals surface area contributed by atoms with Gasteiger partial charge in [-0.1, -0.05) is 75.0 Å². The quantitative estimate of drug-likeness (QED) is 0.526. The van der Waals surface area contributed by atoms with E-state index in [1.165, 1.54) is 22.9 Å². The van der Waals surface area contributed by atoms with Crippen LogP contribution in [0.3, 0.4) is 0 Å². The molecule has 1 atom stereocenters. The molecule has 2 aromatic carbocycles. The Hall–Kier alpha value is -2.60. The summed E-state index contributed by atoms with van der Waals surface area (Å²) in [5.74, 6) is 1.47. The summed E-state index contributed by atoms with van der Waals surface area (Å²) in [6.07, 6.45) is 0.673. The average Bonchev–Trinajstić information content (AvgIpc) is 3.15. The average molecular weight is 396 g/mol. The molecule has 1 unspecified atom stereocenters. The van der Waals surface area contributed by atoms with Gasteiger partial charge in [-0.25, -0.2) is 0 Å². The van der Waals surface area contributed by atoms with E-state index in [0.717, 1.165) is 5.69 Å². The van der Waals surface area contributed by atoms with Crippen molar-refractivity contribution in [3.63, 3.8) is 0 Å². The highest BCUT2D eigenvalue weighted by Crippen LogP contribution is 2.23. The molecule has 0 aliphatic carbocycles. The van der Waals surface area contributed by atoms with E-state index in [9.17, 15) is 4.79 Å². The number of nitrogens with zero attached hydrogens (tertiary/aromatic N) is 2. The minimum absolute atomic E-state index is 0.0975. The highest BCUT2D eigenvalue weighted by atomic mass is 32.2. The third kappa shape index (κ3) is 5.70. The number of amides is 1. The molecule has 0 aliphatic rings. The van der Waals surface area contributed by atoms with Gasteiger partial charge in [-0.3, -0.25) is 4.79 Å². The first kappa shape index (κ1) is 20.1. The fourth-order valence-corrected chi connectivity index (χ4v) is 3.40. The van der Waals surface area contributed by atoms with Crippen molar-refractivity contribution in [1.29, 1.82) is 0 Å². The molecule has 0 saturated heterocycles. The lowest BCUT2D eigenvalue weighted by molar-refractivity contribution is -0.113. The lowest BCUT2D eigenvalue weighted by Gasteiger charge is -2.08. The third-order valence-electron chi connectivity index (χ3n) is 4.49. The van der Waals surface area contributed by atoms with E-state index in [-0.39, 0.29) is 17.6 Å². The number of nitrogens with one attached hydrogen (secondary N) is 1. The van der Waals surface area contributed by atoms with Crippen LogP contribution < -0.4 is 5.32 Å². The Morgan fingerprint density at radius 1 is 1.00 bits per heavy atom. The van der Waals surface area contributed by atoms with E-state index < -0.39 is 0 Å². The van der Waals surface area contributed by atoms with Crippen molar-refractivity contribution in [3.8, 4) is 0 Å². The maximum Gasteiger partial charge on any atom is 0.277 e. The minimum atomic E-state index is -0.0975. The van der Waals surface area contributed by atoms with Crippen molar-refractivity contribution in [3.05, 3.63) is 71.6 Å². The molecule has 0 fully saturated rings. The zero-order chi connectivity index (χ0) is 19.9. The predicted octanol–water partition coefficient (Wildman–Crippen LogP) is 5.27. The fourth-order valence-electron chi connectivity index (χ4n) is 2.82. The van der Waals surface area contributed by atoms with Crippen molar-refractivity contribution in [2.45, 2.75) is 44.3 Å². The molecular weight excluding hydrogens is 370 g/mol. The summed E-state index contributed by atoms with van der Waals surface area (Å²) in [5, 5.41) is 11.4. The SMILES string of the molecule is CC(C)c1ccc(NC(=O)CSc2nnc(CC(C)c3ccccc3)o2)cc1. The van der Waals surface area contributed by atoms with E-state index in [4.69, 9.17) is 4.42 Å². The van der Waals surface area contributed by atoms with Crippen LogP contribution in [0.5, 0.6) is 0 Å². The molecule has 1 heterocycles. The second-order valence-electron chi connectivity index (χ2n) is 7.09. The monoisotopic (exact) mass is 395 g/mol. The number of carbonyl (C=O) groups excluding carboxylic acids is 1. The fraction of sp³-hybridized carbons (Fsp3) is 0.318. The van der Waals surface area contributed by atoms with Crippen molar-refractivity contribution in [2.24, 2.45) is 0 Å². The molecule has 3 rings (SSSR count). The van der Waals surface area contributed by atoms with E-state index in [1.807, 2.05) is 42.5 Å². The predicted molar refractivity (Wildman–Crippen MR) is 113 cm³/mol. The third-order valence-corrected chi connectivity index (χ3v) is 5.30. The van der Waals surface area contributed by atoms with Crippen LogP contribution in [0.1, 0.15) is 49.6 Å². The van der Waals surface area contributed by atoms with Crippen LogP contribution in [-0.4, -0.2) is 21.9 Å². The Labute approximate surface area is 170 Å². The van der Waals surface area contributed by atoms with Gasteiger partial charge in [0.2, 0.25) is 11.8 Å². The molecule has 28 heavy (non-hydrogen) atoms. The number of anilines is 1. The van der Waals surface area contributed by atoms with E-state index in [2.05, 4.69) is 48.4 Å². The molecule has 0 saturated carbocycles. The standard InChI is InChI=1S/C22H25N3O2S/c1-15(2)17-9-11-19(12-10-17)23-20(26)14-28-22-25-24-21(27-22)13-16(3)18-7-5-4-6-8-18/h4-12,15-16H,13-14H2,1-3H3,(H,23,26). The van der Waals surface area contributed by atoms with E-state index >= 15 is 0 Å². The van der Waals surface area contributed by atoms with Crippen LogP contribution >= 0.6 is 11.8 Å². The van der Waals surface area contributed by atoms with Crippen LogP contribution in [-0.2, 0) is 11.2 Å². The maximum absolute atomic E-state index is 12.2. The smallest absolute Gasteiger partial charge is 0.277 e. The number of thioether (sulfide) groups is 1. The number of aromatic nitrogens is 2. The summed E-state index contributed by atoms with van der Waals surface area (Å²) >= 11 is 1.25. The van der Waals surface area contributed by atoms with Gasteiger partial charge in [-0.2, -0.15) is 0 Å². The first-order chi connectivity index (χ1) is 13.5. The Morgan fingerprint density at radius 2 is 1.71 bits per heavy atom. The van der Waals surface area contributed by atoms with Gasteiger partial charge < -0.3 is 9.73 Å². The van der Waals surface area contributed by atoms with Crippen molar-refractivity contribution in [2.75, 3.05) is 11.1 Å². The maximum atomic E-state index is 12.2. The first-order valence-corrected chi connectivity index (χ1v) is 10.4. The first-order valence-electron chi connectivity index (χ1n) is 9.41. The summed E-state index contributed by atoms with van der Waals surface area (Å²) in [4.78, 5) is 12.2. The second-order valence-corrected chi connectivity index (χ2v) is 8.02. The van der Waals surface area contributed by atoms with Gasteiger partial charge in [-0.15, -0.1) is 10.2 Å². The summed E-state index contributed by atoms with van der Waals surface area (Å²) in [6, 6.07) is 18.1. The van der Waals surface area contributed by atoms with E-state index in [0.29, 0.717) is 23.5 Å². The Morgan fingerprint density at radius 3 is 2.39 bits per heavy atom. The van der Waals surface area contributed by atoms with Gasteiger partial charge >= 0.3 is 0 Å². The number of hydrogen-bond donors (Lipinski definition) is 1. The van der Waals surface area contributed by atoms with Crippen molar-refractivity contribution < 1.29 is 9.21 Å². The molecule has 5 nitrogen and oxygen atoms in total. The minimum Gasteiger partial charge on any atom is -0.416 e. The molecule has 0 spiro atoms. The Balaban J connectivity index is 1.48. The molecular formula is C22H25N3O2S. The number of carbonyl (C=O) groups is 1. The van der Waals surface area contributed by atoms with Gasteiger partial charge in [0.15, 0.2) is 0 Å². The lowest BCUT2D eigenvalue weighted by Crippen LogP contribution is -2.14.